The minimum absolute atomic E-state index is 0.692. The fraction of sp³-hybridized carbons (Fsp3) is 1.00. The van der Waals surface area contributed by atoms with E-state index in [4.69, 9.17) is 4.18 Å². The van der Waals surface area contributed by atoms with Gasteiger partial charge in [-0.3, -0.25) is 0 Å². The average Bonchev–Trinajstić information content (AvgIpc) is 1.66. The van der Waals surface area contributed by atoms with Crippen LogP contribution in [0.3, 0.4) is 0 Å². The number of rotatable bonds is 4. The second-order valence-electron chi connectivity index (χ2n) is 1.99. The van der Waals surface area contributed by atoms with Crippen molar-refractivity contribution in [3.05, 3.63) is 0 Å². The highest BCUT2D eigenvalue weighted by molar-refractivity contribution is 7.92. The maximum absolute atomic E-state index is 4.70. The normalized spacial score (nSPS) is 10.5. The SMILES string of the molecule is COSNCC(C)C. The van der Waals surface area contributed by atoms with Gasteiger partial charge in [0.15, 0.2) is 0 Å². The summed E-state index contributed by atoms with van der Waals surface area (Å²) in [7, 11) is 1.65. The molecule has 0 bridgehead atoms. The molecule has 0 atom stereocenters. The zero-order valence-electron chi connectivity index (χ0n) is 5.60. The van der Waals surface area contributed by atoms with Crippen LogP contribution in [0.1, 0.15) is 13.8 Å². The molecule has 0 aromatic heterocycles. The van der Waals surface area contributed by atoms with Crippen molar-refractivity contribution in [3.8, 4) is 0 Å². The van der Waals surface area contributed by atoms with Gasteiger partial charge >= 0.3 is 0 Å². The lowest BCUT2D eigenvalue weighted by Crippen LogP contribution is -2.11. The summed E-state index contributed by atoms with van der Waals surface area (Å²) >= 11 is 1.29. The van der Waals surface area contributed by atoms with Crippen LogP contribution in [-0.4, -0.2) is 13.7 Å². The van der Waals surface area contributed by atoms with Gasteiger partial charge in [0.05, 0.1) is 19.3 Å². The quantitative estimate of drug-likeness (QED) is 0.358. The molecule has 50 valence electrons. The Morgan fingerprint density at radius 2 is 2.25 bits per heavy atom. The van der Waals surface area contributed by atoms with E-state index in [0.717, 1.165) is 6.54 Å². The van der Waals surface area contributed by atoms with E-state index in [9.17, 15) is 0 Å². The maximum atomic E-state index is 4.70. The summed E-state index contributed by atoms with van der Waals surface area (Å²) in [6, 6.07) is 0. The summed E-state index contributed by atoms with van der Waals surface area (Å²) in [5, 5.41) is 0. The van der Waals surface area contributed by atoms with Crippen molar-refractivity contribution in [1.29, 1.82) is 0 Å². The first kappa shape index (κ1) is 8.27. The first-order valence-electron chi connectivity index (χ1n) is 2.70. The van der Waals surface area contributed by atoms with Gasteiger partial charge in [-0.1, -0.05) is 13.8 Å². The Bertz CT molecular complexity index is 49.7. The molecule has 0 saturated carbocycles. The lowest BCUT2D eigenvalue weighted by molar-refractivity contribution is 0.479. The van der Waals surface area contributed by atoms with Crippen molar-refractivity contribution in [1.82, 2.24) is 4.72 Å². The molecular weight excluding hydrogens is 122 g/mol. The van der Waals surface area contributed by atoms with Crippen molar-refractivity contribution in [3.63, 3.8) is 0 Å². The summed E-state index contributed by atoms with van der Waals surface area (Å²) in [5.41, 5.74) is 0. The molecular formula is C5H13NOS. The van der Waals surface area contributed by atoms with Crippen LogP contribution in [0.5, 0.6) is 0 Å². The molecule has 0 aliphatic heterocycles. The van der Waals surface area contributed by atoms with E-state index < -0.39 is 0 Å². The Labute approximate surface area is 55.3 Å². The third-order valence-electron chi connectivity index (χ3n) is 0.634. The Hall–Kier alpha value is 0.270. The van der Waals surface area contributed by atoms with E-state index in [1.165, 1.54) is 12.2 Å². The van der Waals surface area contributed by atoms with Crippen molar-refractivity contribution in [2.45, 2.75) is 13.8 Å². The summed E-state index contributed by atoms with van der Waals surface area (Å²) < 4.78 is 7.73. The van der Waals surface area contributed by atoms with Gasteiger partial charge in [-0.2, -0.15) is 0 Å². The molecule has 0 radical (unpaired) electrons. The van der Waals surface area contributed by atoms with Crippen LogP contribution in [0.4, 0.5) is 0 Å². The van der Waals surface area contributed by atoms with Gasteiger partial charge in [0, 0.05) is 6.54 Å². The van der Waals surface area contributed by atoms with Gasteiger partial charge in [-0.05, 0) is 5.92 Å². The molecule has 0 spiro atoms. The van der Waals surface area contributed by atoms with Crippen LogP contribution in [0.15, 0.2) is 0 Å². The molecule has 1 N–H and O–H groups in total. The van der Waals surface area contributed by atoms with Gasteiger partial charge in [0.1, 0.15) is 0 Å². The molecule has 2 nitrogen and oxygen atoms in total. The van der Waals surface area contributed by atoms with E-state index in [-0.39, 0.29) is 0 Å². The highest BCUT2D eigenvalue weighted by Crippen LogP contribution is 1.94. The first-order valence-corrected chi connectivity index (χ1v) is 3.44. The Balaban J connectivity index is 2.72. The van der Waals surface area contributed by atoms with Crippen molar-refractivity contribution in [2.24, 2.45) is 5.92 Å². The van der Waals surface area contributed by atoms with Crippen LogP contribution < -0.4 is 4.72 Å². The zero-order valence-corrected chi connectivity index (χ0v) is 6.42. The second-order valence-corrected chi connectivity index (χ2v) is 2.78. The average molecular weight is 135 g/mol. The van der Waals surface area contributed by atoms with Crippen molar-refractivity contribution < 1.29 is 4.18 Å². The third kappa shape index (κ3) is 6.27. The minimum atomic E-state index is 0.692. The first-order chi connectivity index (χ1) is 3.77. The smallest absolute Gasteiger partial charge is 0.0786 e. The number of hydrogen-bond acceptors (Lipinski definition) is 3. The van der Waals surface area contributed by atoms with Crippen LogP contribution in [-0.2, 0) is 4.18 Å². The zero-order chi connectivity index (χ0) is 6.41. The Kier molecular flexibility index (Phi) is 5.59. The molecule has 0 rings (SSSR count). The predicted molar refractivity (Wildman–Crippen MR) is 37.4 cm³/mol. The van der Waals surface area contributed by atoms with E-state index in [1.54, 1.807) is 7.11 Å². The summed E-state index contributed by atoms with van der Waals surface area (Å²) in [6.45, 7) is 5.31. The fourth-order valence-corrected chi connectivity index (χ4v) is 0.779. The lowest BCUT2D eigenvalue weighted by Gasteiger charge is -2.02. The van der Waals surface area contributed by atoms with E-state index in [1.807, 2.05) is 0 Å². The van der Waals surface area contributed by atoms with Crippen LogP contribution in [0, 0.1) is 5.92 Å². The monoisotopic (exact) mass is 135 g/mol. The van der Waals surface area contributed by atoms with Gasteiger partial charge in [-0.25, -0.2) is 4.72 Å². The number of nitrogens with one attached hydrogen (secondary N) is 1. The fourth-order valence-electron chi connectivity index (χ4n) is 0.260. The summed E-state index contributed by atoms with van der Waals surface area (Å²) in [4.78, 5) is 0. The van der Waals surface area contributed by atoms with Gasteiger partial charge in [0.25, 0.3) is 0 Å². The van der Waals surface area contributed by atoms with Gasteiger partial charge in [-0.15, -0.1) is 0 Å². The predicted octanol–water partition coefficient (Wildman–Crippen LogP) is 1.44. The molecule has 0 fully saturated rings. The van der Waals surface area contributed by atoms with Crippen LogP contribution in [0.25, 0.3) is 0 Å². The van der Waals surface area contributed by atoms with E-state index >= 15 is 0 Å². The molecule has 0 aromatic carbocycles. The summed E-state index contributed by atoms with van der Waals surface area (Å²) in [5.74, 6) is 0.692. The molecule has 0 aromatic rings. The van der Waals surface area contributed by atoms with Gasteiger partial charge < -0.3 is 4.18 Å². The second kappa shape index (κ2) is 5.41. The third-order valence-corrected chi connectivity index (χ3v) is 1.09. The van der Waals surface area contributed by atoms with Crippen LogP contribution in [0.2, 0.25) is 0 Å². The highest BCUT2D eigenvalue weighted by atomic mass is 32.2. The molecule has 3 heteroatoms. The van der Waals surface area contributed by atoms with E-state index in [0.29, 0.717) is 5.92 Å². The standard InChI is InChI=1S/C5H13NOS/c1-5(2)4-6-8-7-3/h5-6H,4H2,1-3H3. The van der Waals surface area contributed by atoms with Crippen molar-refractivity contribution in [2.75, 3.05) is 13.7 Å². The lowest BCUT2D eigenvalue weighted by atomic mass is 10.2. The number of hydrogen-bond donors (Lipinski definition) is 1. The molecule has 0 unspecified atom stereocenters. The maximum Gasteiger partial charge on any atom is 0.0786 e. The molecule has 0 amide bonds. The minimum Gasteiger partial charge on any atom is -0.305 e. The largest absolute Gasteiger partial charge is 0.305 e. The molecule has 0 heterocycles. The molecule has 0 aliphatic rings. The van der Waals surface area contributed by atoms with Crippen LogP contribution >= 0.6 is 12.2 Å². The molecule has 0 saturated heterocycles. The Morgan fingerprint density at radius 3 is 2.62 bits per heavy atom. The van der Waals surface area contributed by atoms with Gasteiger partial charge in [0.2, 0.25) is 0 Å². The Morgan fingerprint density at radius 1 is 1.62 bits per heavy atom. The highest BCUT2D eigenvalue weighted by Gasteiger charge is 1.89. The topological polar surface area (TPSA) is 21.3 Å². The van der Waals surface area contributed by atoms with Crippen molar-refractivity contribution >= 4 is 12.2 Å². The molecule has 8 heavy (non-hydrogen) atoms. The van der Waals surface area contributed by atoms with E-state index in [2.05, 4.69) is 18.6 Å². The summed E-state index contributed by atoms with van der Waals surface area (Å²) in [6.07, 6.45) is 0. The molecule has 0 aliphatic carbocycles.